The lowest BCUT2D eigenvalue weighted by atomic mass is 9.49. The van der Waals surface area contributed by atoms with Gasteiger partial charge in [-0.3, -0.25) is 4.79 Å². The first-order valence-electron chi connectivity index (χ1n) is 11.7. The molecule has 0 radical (unpaired) electrons. The van der Waals surface area contributed by atoms with Crippen molar-refractivity contribution in [3.63, 3.8) is 0 Å². The summed E-state index contributed by atoms with van der Waals surface area (Å²) >= 11 is 0. The lowest BCUT2D eigenvalue weighted by Crippen LogP contribution is -2.63. The van der Waals surface area contributed by atoms with E-state index in [9.17, 15) is 4.79 Å². The average molecular weight is 410 g/mol. The Morgan fingerprint density at radius 2 is 1.90 bits per heavy atom. The molecule has 2 atom stereocenters. The Hall–Kier alpha value is -1.75. The number of carbonyl (C=O) groups is 1. The van der Waals surface area contributed by atoms with Crippen molar-refractivity contribution < 1.29 is 9.53 Å². The molecular weight excluding hydrogens is 374 g/mol. The van der Waals surface area contributed by atoms with Gasteiger partial charge in [-0.15, -0.1) is 0 Å². The van der Waals surface area contributed by atoms with Crippen LogP contribution in [0.2, 0.25) is 0 Å². The highest BCUT2D eigenvalue weighted by Gasteiger charge is 2.58. The molecule has 162 valence electrons. The number of hydrogen-bond donors (Lipinski definition) is 0. The van der Waals surface area contributed by atoms with Gasteiger partial charge in [-0.1, -0.05) is 26.3 Å². The van der Waals surface area contributed by atoms with Crippen molar-refractivity contribution in [3.05, 3.63) is 22.9 Å². The second-order valence-corrected chi connectivity index (χ2v) is 10.7. The molecule has 5 heteroatoms. The van der Waals surface area contributed by atoms with Crippen LogP contribution in [0.25, 0.3) is 0 Å². The highest BCUT2D eigenvalue weighted by atomic mass is 16.5. The van der Waals surface area contributed by atoms with Crippen LogP contribution in [-0.2, 0) is 9.53 Å². The van der Waals surface area contributed by atoms with Crippen LogP contribution in [0.4, 0.5) is 0 Å². The topological polar surface area (TPSA) is 54.3 Å². The maximum atomic E-state index is 13.6. The molecule has 5 nitrogen and oxygen atoms in total. The molecule has 2 bridgehead atoms. The number of ether oxygens (including phenoxy) is 1. The fourth-order valence-electron chi connectivity index (χ4n) is 6.73. The zero-order valence-electron chi connectivity index (χ0n) is 19.1. The molecule has 30 heavy (non-hydrogen) atoms. The smallest absolute Gasteiger partial charge is 0.225 e. The van der Waals surface area contributed by atoms with Crippen molar-refractivity contribution in [1.82, 2.24) is 4.90 Å². The summed E-state index contributed by atoms with van der Waals surface area (Å²) in [5.74, 6) is 1.42. The minimum absolute atomic E-state index is 0.0343. The van der Waals surface area contributed by atoms with Crippen LogP contribution >= 0.6 is 0 Å². The maximum Gasteiger partial charge on any atom is 0.225 e. The Kier molecular flexibility index (Phi) is 4.62. The van der Waals surface area contributed by atoms with E-state index >= 15 is 0 Å². The number of likely N-dealkylation sites (tertiary alicyclic amines) is 1. The van der Waals surface area contributed by atoms with Gasteiger partial charge >= 0.3 is 0 Å². The number of methoxy groups -OCH3 is 1. The third-order valence-corrected chi connectivity index (χ3v) is 9.08. The highest BCUT2D eigenvalue weighted by Crippen LogP contribution is 2.61. The maximum absolute atomic E-state index is 13.6. The van der Waals surface area contributed by atoms with E-state index in [0.29, 0.717) is 12.0 Å². The Balaban J connectivity index is 1.44. The number of hydrogen-bond acceptors (Lipinski definition) is 4. The Labute approximate surface area is 180 Å². The number of allylic oxidation sites excluding steroid dienone is 3. The highest BCUT2D eigenvalue weighted by molar-refractivity contribution is 6.14. The number of fused-ring (bicyclic) bond motifs is 4. The molecule has 3 aliphatic carbocycles. The van der Waals surface area contributed by atoms with Crippen LogP contribution in [0.15, 0.2) is 32.9 Å². The first kappa shape index (κ1) is 20.2. The second kappa shape index (κ2) is 6.88. The summed E-state index contributed by atoms with van der Waals surface area (Å²) in [7, 11) is 1.79. The van der Waals surface area contributed by atoms with E-state index in [0.717, 1.165) is 68.7 Å². The summed E-state index contributed by atoms with van der Waals surface area (Å²) in [5, 5.41) is 0. The van der Waals surface area contributed by atoms with Crippen molar-refractivity contribution in [1.29, 1.82) is 0 Å². The van der Waals surface area contributed by atoms with Gasteiger partial charge < -0.3 is 9.64 Å². The van der Waals surface area contributed by atoms with Gasteiger partial charge in [-0.2, -0.15) is 0 Å². The normalized spacial score (nSPS) is 37.2. The molecule has 1 saturated heterocycles. The van der Waals surface area contributed by atoms with Crippen LogP contribution in [0.5, 0.6) is 0 Å². The van der Waals surface area contributed by atoms with Gasteiger partial charge in [0.05, 0.1) is 17.5 Å². The summed E-state index contributed by atoms with van der Waals surface area (Å²) in [6, 6.07) is 0.265. The van der Waals surface area contributed by atoms with Gasteiger partial charge in [0.1, 0.15) is 5.84 Å². The van der Waals surface area contributed by atoms with Crippen LogP contribution < -0.4 is 0 Å². The molecule has 0 aromatic heterocycles. The van der Waals surface area contributed by atoms with E-state index in [1.54, 1.807) is 7.11 Å². The summed E-state index contributed by atoms with van der Waals surface area (Å²) in [6.45, 7) is 10.0. The molecule has 0 spiro atoms. The number of nitrogens with zero attached hydrogens (tertiary/aromatic N) is 3. The number of piperidine rings is 1. The van der Waals surface area contributed by atoms with Crippen LogP contribution in [0.3, 0.4) is 0 Å². The van der Waals surface area contributed by atoms with Gasteiger partial charge in [0.25, 0.3) is 0 Å². The third kappa shape index (κ3) is 2.80. The molecule has 0 aromatic rings. The molecule has 2 heterocycles. The molecule has 0 unspecified atom stereocenters. The molecule has 2 fully saturated rings. The quantitative estimate of drug-likeness (QED) is 0.665. The van der Waals surface area contributed by atoms with Crippen molar-refractivity contribution in [2.24, 2.45) is 26.7 Å². The van der Waals surface area contributed by atoms with Crippen LogP contribution in [-0.4, -0.2) is 48.2 Å². The first-order valence-corrected chi connectivity index (χ1v) is 11.7. The van der Waals surface area contributed by atoms with Crippen LogP contribution in [0.1, 0.15) is 72.6 Å². The number of rotatable bonds is 2. The van der Waals surface area contributed by atoms with E-state index in [1.807, 2.05) is 6.92 Å². The largest absolute Gasteiger partial charge is 0.381 e. The Morgan fingerprint density at radius 1 is 1.17 bits per heavy atom. The van der Waals surface area contributed by atoms with E-state index in [2.05, 4.69) is 41.7 Å². The lowest BCUT2D eigenvalue weighted by Gasteiger charge is -2.62. The molecule has 0 N–H and O–H groups in total. The Bertz CT molecular complexity index is 901. The molecule has 5 aliphatic rings. The average Bonchev–Trinajstić information content (AvgIpc) is 3.08. The van der Waals surface area contributed by atoms with Gasteiger partial charge in [-0.25, -0.2) is 9.98 Å². The monoisotopic (exact) mass is 409 g/mol. The van der Waals surface area contributed by atoms with Gasteiger partial charge in [0.15, 0.2) is 0 Å². The van der Waals surface area contributed by atoms with E-state index in [1.165, 1.54) is 11.1 Å². The number of amides is 1. The molecule has 0 aromatic carbocycles. The zero-order chi connectivity index (χ0) is 21.3. The SMILES string of the molecule is COC1CCC(C(=O)N2CC[C@@]3(C)C4=C(CC5=NC(C)=NC5=C4)C[C@@H]2C3(C)C)CC1. The standard InChI is InChI=1S/C25H35N3O2/c1-15-26-20-12-17-13-22-24(2,3)25(4,19(17)14-21(20)27-15)10-11-28(22)23(29)16-6-8-18(30-5)9-7-16/h14,16,18,22H,6-13H2,1-5H3/t16?,18?,22-,25+/m1/s1. The molecule has 2 aliphatic heterocycles. The fraction of sp³-hybridized carbons (Fsp3) is 0.720. The van der Waals surface area contributed by atoms with E-state index in [4.69, 9.17) is 4.74 Å². The van der Waals surface area contributed by atoms with Crippen molar-refractivity contribution >= 4 is 17.5 Å². The minimum atomic E-state index is 0.0343. The molecule has 1 amide bonds. The molecule has 5 rings (SSSR count). The third-order valence-electron chi connectivity index (χ3n) is 9.08. The number of amidine groups is 1. The Morgan fingerprint density at radius 3 is 2.60 bits per heavy atom. The summed E-state index contributed by atoms with van der Waals surface area (Å²) in [4.78, 5) is 25.2. The predicted molar refractivity (Wildman–Crippen MR) is 120 cm³/mol. The lowest BCUT2D eigenvalue weighted by molar-refractivity contribution is -0.152. The van der Waals surface area contributed by atoms with Gasteiger partial charge in [0.2, 0.25) is 5.91 Å². The molecular formula is C25H35N3O2. The van der Waals surface area contributed by atoms with E-state index in [-0.39, 0.29) is 22.8 Å². The summed E-state index contributed by atoms with van der Waals surface area (Å²) in [5.41, 5.74) is 5.24. The summed E-state index contributed by atoms with van der Waals surface area (Å²) in [6.07, 6.45) is 9.48. The fourth-order valence-corrected chi connectivity index (χ4v) is 6.73. The van der Waals surface area contributed by atoms with Crippen molar-refractivity contribution in [2.45, 2.75) is 84.8 Å². The first-order chi connectivity index (χ1) is 14.2. The zero-order valence-corrected chi connectivity index (χ0v) is 19.1. The number of carbonyl (C=O) groups excluding carboxylic acids is 1. The van der Waals surface area contributed by atoms with E-state index < -0.39 is 0 Å². The van der Waals surface area contributed by atoms with Crippen LogP contribution in [0, 0.1) is 16.7 Å². The van der Waals surface area contributed by atoms with Crippen molar-refractivity contribution in [3.8, 4) is 0 Å². The molecule has 1 saturated carbocycles. The predicted octanol–water partition coefficient (Wildman–Crippen LogP) is 4.69. The summed E-state index contributed by atoms with van der Waals surface area (Å²) < 4.78 is 5.52. The van der Waals surface area contributed by atoms with Gasteiger partial charge in [0, 0.05) is 37.5 Å². The number of aliphatic imine (C=N–C) groups is 2. The minimum Gasteiger partial charge on any atom is -0.381 e. The van der Waals surface area contributed by atoms with Crippen molar-refractivity contribution in [2.75, 3.05) is 13.7 Å². The second-order valence-electron chi connectivity index (χ2n) is 10.7. The van der Waals surface area contributed by atoms with Gasteiger partial charge in [-0.05, 0) is 62.5 Å².